The summed E-state index contributed by atoms with van der Waals surface area (Å²) in [6.07, 6.45) is 0. The summed E-state index contributed by atoms with van der Waals surface area (Å²) in [5.74, 6) is 0.498. The van der Waals surface area contributed by atoms with Crippen LogP contribution in [0.3, 0.4) is 0 Å². The van der Waals surface area contributed by atoms with E-state index in [0.29, 0.717) is 15.6 Å². The summed E-state index contributed by atoms with van der Waals surface area (Å²) in [7, 11) is 0. The fraction of sp³-hybridized carbons (Fsp3) is 0. The highest BCUT2D eigenvalue weighted by Crippen LogP contribution is 2.28. The number of anilines is 1. The van der Waals surface area contributed by atoms with Crippen LogP contribution in [0.5, 0.6) is 0 Å². The number of para-hydroxylation sites is 1. The van der Waals surface area contributed by atoms with Gasteiger partial charge in [-0.2, -0.15) is 4.79 Å². The zero-order valence-electron chi connectivity index (χ0n) is 11.3. The third-order valence-corrected chi connectivity index (χ3v) is 3.96. The van der Waals surface area contributed by atoms with Gasteiger partial charge in [-0.15, -0.1) is 5.10 Å². The van der Waals surface area contributed by atoms with Crippen LogP contribution in [0.15, 0.2) is 59.0 Å². The minimum atomic E-state index is 0.498. The second-order valence-electron chi connectivity index (χ2n) is 4.84. The van der Waals surface area contributed by atoms with E-state index in [1.54, 1.807) is 6.07 Å². The lowest BCUT2D eigenvalue weighted by atomic mass is 10.2. The first-order valence-electron chi connectivity index (χ1n) is 6.65. The van der Waals surface area contributed by atoms with Crippen molar-refractivity contribution >= 4 is 40.5 Å². The fourth-order valence-electron chi connectivity index (χ4n) is 2.30. The number of hydrogen-bond acceptors (Lipinski definition) is 4. The van der Waals surface area contributed by atoms with E-state index in [1.165, 1.54) is 4.79 Å². The van der Waals surface area contributed by atoms with E-state index < -0.39 is 0 Å². The summed E-state index contributed by atoms with van der Waals surface area (Å²) in [5, 5.41) is 6.01. The fourth-order valence-corrected chi connectivity index (χ4v) is 2.73. The predicted molar refractivity (Wildman–Crippen MR) is 89.9 cm³/mol. The molecule has 0 radical (unpaired) electrons. The standard InChI is InChI=1S/C16H10ClN3OS/c17-11-5-3-6-12(9-11)18-20-16(22)13-8-10-4-1-2-7-14(10)21-15(13)19-20/h1-9,18H. The Hall–Kier alpha value is -2.37. The first-order chi connectivity index (χ1) is 10.7. The maximum atomic E-state index is 5.99. The summed E-state index contributed by atoms with van der Waals surface area (Å²) in [6, 6.07) is 17.1. The molecule has 0 aromatic heterocycles. The van der Waals surface area contributed by atoms with Crippen LogP contribution in [0.1, 0.15) is 0 Å². The van der Waals surface area contributed by atoms with Gasteiger partial charge in [0.1, 0.15) is 5.58 Å². The zero-order chi connectivity index (χ0) is 15.1. The van der Waals surface area contributed by atoms with Crippen molar-refractivity contribution in [2.75, 3.05) is 5.43 Å². The topological polar surface area (TPSA) is 43.0 Å². The molecule has 22 heavy (non-hydrogen) atoms. The Labute approximate surface area is 136 Å². The van der Waals surface area contributed by atoms with Gasteiger partial charge in [-0.05, 0) is 30.3 Å². The van der Waals surface area contributed by atoms with Gasteiger partial charge < -0.3 is 4.42 Å². The third-order valence-electron chi connectivity index (χ3n) is 3.33. The molecular weight excluding hydrogens is 318 g/mol. The molecule has 108 valence electrons. The molecule has 0 bridgehead atoms. The Bertz CT molecular complexity index is 1010. The molecule has 0 aliphatic carbocycles. The molecule has 2 aliphatic heterocycles. The van der Waals surface area contributed by atoms with Crippen molar-refractivity contribution in [2.45, 2.75) is 0 Å². The normalized spacial score (nSPS) is 11.1. The van der Waals surface area contributed by atoms with Gasteiger partial charge in [-0.25, -0.2) is 0 Å². The van der Waals surface area contributed by atoms with E-state index in [-0.39, 0.29) is 0 Å². The Kier molecular flexibility index (Phi) is 3.10. The number of nitrogens with zero attached hydrogens (tertiary/aromatic N) is 2. The number of hydrogen-bond donors (Lipinski definition) is 1. The molecule has 2 aliphatic rings. The highest BCUT2D eigenvalue weighted by Gasteiger charge is 2.16. The van der Waals surface area contributed by atoms with E-state index in [2.05, 4.69) is 10.5 Å². The van der Waals surface area contributed by atoms with Crippen molar-refractivity contribution in [1.82, 2.24) is 9.89 Å². The summed E-state index contributed by atoms with van der Waals surface area (Å²) in [4.78, 5) is 1.52. The highest BCUT2D eigenvalue weighted by molar-refractivity contribution is 7.71. The van der Waals surface area contributed by atoms with Crippen LogP contribution in [0.2, 0.25) is 5.02 Å². The smallest absolute Gasteiger partial charge is 0.249 e. The first kappa shape index (κ1) is 13.3. The van der Waals surface area contributed by atoms with E-state index >= 15 is 0 Å². The number of benzene rings is 2. The lowest BCUT2D eigenvalue weighted by Gasteiger charge is -2.05. The van der Waals surface area contributed by atoms with E-state index in [4.69, 9.17) is 28.2 Å². The Morgan fingerprint density at radius 1 is 1.09 bits per heavy atom. The van der Waals surface area contributed by atoms with Crippen molar-refractivity contribution in [1.29, 1.82) is 0 Å². The van der Waals surface area contributed by atoms with Gasteiger partial charge >= 0.3 is 0 Å². The minimum absolute atomic E-state index is 0.498. The molecule has 4 nitrogen and oxygen atoms in total. The van der Waals surface area contributed by atoms with Crippen LogP contribution < -0.4 is 5.43 Å². The first-order valence-corrected chi connectivity index (χ1v) is 7.43. The number of halogens is 1. The van der Waals surface area contributed by atoms with E-state index in [1.807, 2.05) is 48.5 Å². The molecule has 6 heteroatoms. The molecule has 0 saturated carbocycles. The highest BCUT2D eigenvalue weighted by atomic mass is 35.5. The number of rotatable bonds is 2. The summed E-state index contributed by atoms with van der Waals surface area (Å²) in [6.45, 7) is 0. The molecule has 4 rings (SSSR count). The molecule has 1 N–H and O–H groups in total. The van der Waals surface area contributed by atoms with Crippen molar-refractivity contribution in [3.05, 3.63) is 64.3 Å². The second kappa shape index (κ2) is 5.12. The molecule has 0 atom stereocenters. The molecule has 0 amide bonds. The van der Waals surface area contributed by atoms with E-state index in [9.17, 15) is 0 Å². The van der Waals surface area contributed by atoms with Gasteiger partial charge in [0, 0.05) is 10.4 Å². The maximum Gasteiger partial charge on any atom is 0.249 e. The molecule has 2 heterocycles. The number of aromatic nitrogens is 2. The Morgan fingerprint density at radius 3 is 2.82 bits per heavy atom. The molecule has 0 fully saturated rings. The Balaban J connectivity index is 1.85. The molecule has 2 aromatic carbocycles. The van der Waals surface area contributed by atoms with Gasteiger partial charge in [0.15, 0.2) is 4.64 Å². The monoisotopic (exact) mass is 327 g/mol. The number of nitrogens with one attached hydrogen (secondary N) is 1. The van der Waals surface area contributed by atoms with Crippen molar-refractivity contribution in [3.63, 3.8) is 0 Å². The molecule has 0 spiro atoms. The van der Waals surface area contributed by atoms with Crippen LogP contribution in [0.25, 0.3) is 22.4 Å². The van der Waals surface area contributed by atoms with Gasteiger partial charge in [0.05, 0.1) is 11.3 Å². The van der Waals surface area contributed by atoms with Crippen molar-refractivity contribution in [3.8, 4) is 11.5 Å². The molecule has 0 saturated heterocycles. The van der Waals surface area contributed by atoms with Gasteiger partial charge in [-0.1, -0.05) is 48.1 Å². The molecule has 0 unspecified atom stereocenters. The van der Waals surface area contributed by atoms with Gasteiger partial charge in [-0.3, -0.25) is 5.43 Å². The summed E-state index contributed by atoms with van der Waals surface area (Å²) >= 11 is 11.5. The van der Waals surface area contributed by atoms with Crippen molar-refractivity contribution < 1.29 is 4.42 Å². The van der Waals surface area contributed by atoms with E-state index in [0.717, 1.165) is 22.2 Å². The van der Waals surface area contributed by atoms with Crippen molar-refractivity contribution in [2.24, 2.45) is 0 Å². The number of fused-ring (bicyclic) bond motifs is 2. The van der Waals surface area contributed by atoms with Gasteiger partial charge in [0.2, 0.25) is 5.89 Å². The average molecular weight is 328 g/mol. The molecule has 2 aromatic rings. The third kappa shape index (κ3) is 2.24. The largest absolute Gasteiger partial charge is 0.436 e. The lowest BCUT2D eigenvalue weighted by molar-refractivity contribution is 0.587. The van der Waals surface area contributed by atoms with Crippen LogP contribution in [-0.2, 0) is 0 Å². The quantitative estimate of drug-likeness (QED) is 0.527. The predicted octanol–water partition coefficient (Wildman–Crippen LogP) is 4.99. The van der Waals surface area contributed by atoms with Crippen LogP contribution in [0, 0.1) is 4.64 Å². The Morgan fingerprint density at radius 2 is 1.95 bits per heavy atom. The maximum absolute atomic E-state index is 5.99. The van der Waals surface area contributed by atoms with Gasteiger partial charge in [0.25, 0.3) is 0 Å². The summed E-state index contributed by atoms with van der Waals surface area (Å²) in [5.41, 5.74) is 5.49. The van der Waals surface area contributed by atoms with Crippen LogP contribution in [-0.4, -0.2) is 9.89 Å². The summed E-state index contributed by atoms with van der Waals surface area (Å²) < 4.78 is 6.36. The lowest BCUT2D eigenvalue weighted by Crippen LogP contribution is -2.10. The van der Waals surface area contributed by atoms with Crippen LogP contribution in [0.4, 0.5) is 5.69 Å². The SMILES string of the molecule is S=c1c2cc3ccccc3oc-2nn1Nc1cccc(Cl)c1. The average Bonchev–Trinajstić information content (AvgIpc) is 2.81. The minimum Gasteiger partial charge on any atom is -0.436 e. The second-order valence-corrected chi connectivity index (χ2v) is 5.67. The molecular formula is C16H10ClN3OS. The van der Waals surface area contributed by atoms with Crippen LogP contribution >= 0.6 is 23.8 Å². The zero-order valence-corrected chi connectivity index (χ0v) is 12.9.